The molecule has 3 N–H and O–H groups in total. The third-order valence-electron chi connectivity index (χ3n) is 7.19. The van der Waals surface area contributed by atoms with E-state index < -0.39 is 47.0 Å². The number of fused-ring (bicyclic) bond motifs is 1. The zero-order valence-electron chi connectivity index (χ0n) is 23.1. The lowest BCUT2D eigenvalue weighted by molar-refractivity contribution is -0.282. The molecule has 0 bridgehead atoms. The number of nitrogens with one attached hydrogen (secondary N) is 1. The van der Waals surface area contributed by atoms with Gasteiger partial charge in [0.1, 0.15) is 11.4 Å². The molecule has 1 aromatic heterocycles. The van der Waals surface area contributed by atoms with Gasteiger partial charge in [0, 0.05) is 31.9 Å². The fraction of sp³-hybridized carbons (Fsp3) is 0.296. The first kappa shape index (κ1) is 29.7. The molecule has 1 fully saturated rings. The first-order chi connectivity index (χ1) is 20.6. The van der Waals surface area contributed by atoms with E-state index in [1.807, 2.05) is 0 Å². The molecule has 15 nitrogen and oxygen atoms in total. The molecule has 3 heterocycles. The lowest BCUT2D eigenvalue weighted by Gasteiger charge is -2.58. The summed E-state index contributed by atoms with van der Waals surface area (Å²) in [5.41, 5.74) is -4.83. The van der Waals surface area contributed by atoms with Gasteiger partial charge in [0.15, 0.2) is 11.8 Å². The quantitative estimate of drug-likeness (QED) is 0.156. The fourth-order valence-corrected chi connectivity index (χ4v) is 6.03. The van der Waals surface area contributed by atoms with Crippen LogP contribution in [-0.2, 0) is 37.3 Å². The van der Waals surface area contributed by atoms with E-state index in [0.717, 1.165) is 23.8 Å². The van der Waals surface area contributed by atoms with Crippen molar-refractivity contribution in [2.24, 2.45) is 7.05 Å². The predicted octanol–water partition coefficient (Wildman–Crippen LogP) is 0.687. The average Bonchev–Trinajstić information content (AvgIpc) is 3.42. The number of carbonyl (C=O) groups excluding carboxylic acids is 2. The monoisotopic (exact) mass is 610 g/mol. The average molecular weight is 611 g/mol. The van der Waals surface area contributed by atoms with Gasteiger partial charge in [-0.15, -0.1) is 5.10 Å². The summed E-state index contributed by atoms with van der Waals surface area (Å²) in [6.45, 7) is 0. The van der Waals surface area contributed by atoms with Crippen molar-refractivity contribution in [3.63, 3.8) is 0 Å². The van der Waals surface area contributed by atoms with E-state index >= 15 is 0 Å². The van der Waals surface area contributed by atoms with Crippen LogP contribution in [0.4, 0.5) is 0 Å². The maximum atomic E-state index is 13.7. The number of aromatic nitrogens is 4. The van der Waals surface area contributed by atoms with Gasteiger partial charge in [-0.25, -0.2) is 14.3 Å². The van der Waals surface area contributed by atoms with Crippen LogP contribution in [0, 0.1) is 0 Å². The van der Waals surface area contributed by atoms with Crippen LogP contribution in [0.5, 0.6) is 5.75 Å². The number of ether oxygens (including phenoxy) is 3. The summed E-state index contributed by atoms with van der Waals surface area (Å²) < 4.78 is 18.3. The third-order valence-corrected chi connectivity index (χ3v) is 8.23. The Morgan fingerprint density at radius 2 is 1.79 bits per heavy atom. The number of hydrogen-bond acceptors (Lipinski definition) is 11. The van der Waals surface area contributed by atoms with E-state index in [-0.39, 0.29) is 34.2 Å². The summed E-state index contributed by atoms with van der Waals surface area (Å²) >= 11 is 0.967. The lowest BCUT2D eigenvalue weighted by Crippen LogP contribution is -2.84. The Balaban J connectivity index is 1.63. The van der Waals surface area contributed by atoms with Crippen molar-refractivity contribution in [3.8, 4) is 5.75 Å². The Kier molecular flexibility index (Phi) is 7.92. The van der Waals surface area contributed by atoms with E-state index in [2.05, 4.69) is 20.8 Å². The number of hydrogen-bond donors (Lipinski definition) is 3. The Labute approximate surface area is 248 Å². The largest absolute Gasteiger partial charge is 0.496 e. The van der Waals surface area contributed by atoms with Gasteiger partial charge in [0.25, 0.3) is 17.5 Å². The van der Waals surface area contributed by atoms with Crippen molar-refractivity contribution in [3.05, 3.63) is 77.0 Å². The van der Waals surface area contributed by atoms with Crippen molar-refractivity contribution >= 4 is 35.5 Å². The van der Waals surface area contributed by atoms with Gasteiger partial charge in [-0.05, 0) is 28.1 Å². The maximum Gasteiger partial charge on any atom is 0.352 e. The van der Waals surface area contributed by atoms with Crippen molar-refractivity contribution in [1.82, 2.24) is 30.4 Å². The molecule has 3 atom stereocenters. The first-order valence-electron chi connectivity index (χ1n) is 12.7. The second-order valence-electron chi connectivity index (χ2n) is 9.54. The first-order valence-corrected chi connectivity index (χ1v) is 13.7. The molecule has 224 valence electrons. The van der Waals surface area contributed by atoms with Gasteiger partial charge in [-0.3, -0.25) is 14.5 Å². The number of para-hydroxylation sites is 1. The topological polar surface area (TPSA) is 195 Å². The van der Waals surface area contributed by atoms with Crippen LogP contribution in [-0.4, -0.2) is 96.6 Å². The number of rotatable bonds is 11. The number of carboxylic acid groups (broad SMARTS) is 2. The number of aryl methyl sites for hydroxylation is 1. The number of carbonyl (C=O) groups is 4. The summed E-state index contributed by atoms with van der Waals surface area (Å²) in [6, 6.07) is 14.7. The van der Waals surface area contributed by atoms with Crippen LogP contribution >= 0.6 is 11.8 Å². The molecule has 1 unspecified atom stereocenters. The molecule has 2 amide bonds. The number of aliphatic carboxylic acids is 2. The van der Waals surface area contributed by atoms with E-state index in [0.29, 0.717) is 5.56 Å². The van der Waals surface area contributed by atoms with Crippen molar-refractivity contribution in [2.45, 2.75) is 29.1 Å². The molecule has 1 saturated heterocycles. The minimum Gasteiger partial charge on any atom is -0.496 e. The summed E-state index contributed by atoms with van der Waals surface area (Å²) in [6.07, 6.45) is -1.98. The second kappa shape index (κ2) is 11.5. The SMILES string of the molecule is COc1ccccc1C(=O)N[C@]1(OC)C(=O)N2C(C(=O)O)=C(CSc3nnnn3C)C(Cc3ccccc3)(C(=O)O)O[C@@H]21. The highest BCUT2D eigenvalue weighted by atomic mass is 32.2. The van der Waals surface area contributed by atoms with Crippen molar-refractivity contribution in [2.75, 3.05) is 20.0 Å². The summed E-state index contributed by atoms with van der Waals surface area (Å²) in [7, 11) is 4.05. The van der Waals surface area contributed by atoms with Crippen LogP contribution < -0.4 is 10.1 Å². The molecule has 16 heteroatoms. The smallest absolute Gasteiger partial charge is 0.352 e. The number of thioether (sulfide) groups is 1. The van der Waals surface area contributed by atoms with Crippen molar-refractivity contribution < 1.29 is 43.6 Å². The van der Waals surface area contributed by atoms with Gasteiger partial charge in [0.2, 0.25) is 5.16 Å². The Morgan fingerprint density at radius 1 is 1.09 bits per heavy atom. The number of nitrogens with zero attached hydrogens (tertiary/aromatic N) is 5. The van der Waals surface area contributed by atoms with Gasteiger partial charge < -0.3 is 29.7 Å². The van der Waals surface area contributed by atoms with Crippen LogP contribution in [0.15, 0.2) is 71.0 Å². The highest BCUT2D eigenvalue weighted by Crippen LogP contribution is 2.48. The van der Waals surface area contributed by atoms with Crippen LogP contribution in [0.1, 0.15) is 15.9 Å². The Morgan fingerprint density at radius 3 is 2.40 bits per heavy atom. The molecule has 2 aliphatic heterocycles. The third kappa shape index (κ3) is 4.88. The number of tetrazole rings is 1. The fourth-order valence-electron chi connectivity index (χ4n) is 5.07. The van der Waals surface area contributed by atoms with Crippen LogP contribution in [0.3, 0.4) is 0 Å². The van der Waals surface area contributed by atoms with Gasteiger partial charge >= 0.3 is 11.9 Å². The van der Waals surface area contributed by atoms with Crippen LogP contribution in [0.2, 0.25) is 0 Å². The molecule has 0 radical (unpaired) electrons. The number of methoxy groups -OCH3 is 2. The summed E-state index contributed by atoms with van der Waals surface area (Å²) in [5, 5.41) is 35.1. The normalized spacial score (nSPS) is 22.9. The molecule has 2 aromatic carbocycles. The lowest BCUT2D eigenvalue weighted by atomic mass is 9.81. The molecule has 0 aliphatic carbocycles. The predicted molar refractivity (Wildman–Crippen MR) is 147 cm³/mol. The molecule has 5 rings (SSSR count). The van der Waals surface area contributed by atoms with Gasteiger partial charge in [-0.1, -0.05) is 54.2 Å². The molecule has 3 aromatic rings. The number of β-lactam (4-membered cyclic amide) rings is 1. The number of carboxylic acids is 2. The van der Waals surface area contributed by atoms with Crippen LogP contribution in [0.25, 0.3) is 0 Å². The second-order valence-corrected chi connectivity index (χ2v) is 10.5. The summed E-state index contributed by atoms with van der Waals surface area (Å²) in [4.78, 5) is 53.9. The van der Waals surface area contributed by atoms with E-state index in [1.54, 1.807) is 49.5 Å². The Bertz CT molecular complexity index is 1630. The standard InChI is InChI=1S/C27H26N6O9S/c1-32-25(29-30-31-32)43-14-17-19(21(35)36)33-22(37)27(41-3,28-20(34)16-11-7-8-12-18(16)40-2)23(33)42-26(17,24(38)39)13-15-9-5-4-6-10-15/h4-12,23H,13-14H2,1-3H3,(H,28,34)(H,35,36)(H,38,39)/t23-,26?,27+/m1/s1. The zero-order chi connectivity index (χ0) is 30.9. The highest BCUT2D eigenvalue weighted by molar-refractivity contribution is 7.99. The molecule has 2 aliphatic rings. The van der Waals surface area contributed by atoms with Crippen molar-refractivity contribution in [1.29, 1.82) is 0 Å². The minimum atomic E-state index is -2.31. The van der Waals surface area contributed by atoms with Gasteiger partial charge in [0.05, 0.1) is 12.7 Å². The molecule has 0 saturated carbocycles. The molecule has 0 spiro atoms. The van der Waals surface area contributed by atoms with E-state index in [1.165, 1.54) is 23.9 Å². The number of benzene rings is 2. The Hall–Kier alpha value is -4.80. The maximum absolute atomic E-state index is 13.7. The molecular formula is C27H26N6O9S. The molecule has 43 heavy (non-hydrogen) atoms. The van der Waals surface area contributed by atoms with E-state index in [9.17, 15) is 29.4 Å². The van der Waals surface area contributed by atoms with Gasteiger partial charge in [-0.2, -0.15) is 0 Å². The number of amides is 2. The highest BCUT2D eigenvalue weighted by Gasteiger charge is 2.72. The summed E-state index contributed by atoms with van der Waals surface area (Å²) in [5.74, 6) is -4.92. The minimum absolute atomic E-state index is 0.0562. The zero-order valence-corrected chi connectivity index (χ0v) is 23.9. The van der Waals surface area contributed by atoms with E-state index in [4.69, 9.17) is 14.2 Å². The molecular weight excluding hydrogens is 584 g/mol.